The topological polar surface area (TPSA) is 116 Å². The number of nitrogens with one attached hydrogen (secondary N) is 1. The van der Waals surface area contributed by atoms with E-state index in [-0.39, 0.29) is 17.9 Å². The lowest BCUT2D eigenvalue weighted by Crippen LogP contribution is -2.42. The van der Waals surface area contributed by atoms with E-state index in [4.69, 9.17) is 4.74 Å². The van der Waals surface area contributed by atoms with Crippen LogP contribution in [0.3, 0.4) is 0 Å². The van der Waals surface area contributed by atoms with E-state index in [2.05, 4.69) is 16.4 Å². The van der Waals surface area contributed by atoms with Crippen LogP contribution in [0.15, 0.2) is 30.6 Å². The molecule has 9 heteroatoms. The monoisotopic (exact) mass is 466 g/mol. The Labute approximate surface area is 196 Å². The Morgan fingerprint density at radius 3 is 3.06 bits per heavy atom. The zero-order valence-electron chi connectivity index (χ0n) is 18.2. The first-order chi connectivity index (χ1) is 16.0. The van der Waals surface area contributed by atoms with Crippen molar-refractivity contribution in [1.82, 2.24) is 9.88 Å². The van der Waals surface area contributed by atoms with E-state index >= 15 is 0 Å². The maximum atomic E-state index is 12.4. The summed E-state index contributed by atoms with van der Waals surface area (Å²) in [5.74, 6) is -0.140. The van der Waals surface area contributed by atoms with Crippen LogP contribution in [0, 0.1) is 17.2 Å². The molecule has 2 N–H and O–H groups in total. The van der Waals surface area contributed by atoms with E-state index in [1.165, 1.54) is 17.4 Å². The minimum absolute atomic E-state index is 0.162. The molecular formula is C24H26N4O4S. The summed E-state index contributed by atoms with van der Waals surface area (Å²) in [6.45, 7) is 1.24. The molecule has 1 aliphatic carbocycles. The Balaban J connectivity index is 1.35. The standard InChI is InChI=1S/C24H26N4O4S/c25-12-20-19-7-5-17(15-32-24(31)28-10-2-4-18(29)14-28)11-21(19)33-23(20)27-22(30)8-6-16-3-1-9-26-13-16/h1,3,6,8-9,13,17-18,29H,2,4-5,7,10-11,14-15H2,(H,27,30)/b8-6+/t17-,18+/m1/s1. The molecule has 0 aromatic carbocycles. The second-order valence-corrected chi connectivity index (χ2v) is 9.46. The van der Waals surface area contributed by atoms with Crippen LogP contribution in [0.2, 0.25) is 0 Å². The molecule has 0 bridgehead atoms. The van der Waals surface area contributed by atoms with E-state index in [0.717, 1.165) is 28.8 Å². The van der Waals surface area contributed by atoms with E-state index in [1.807, 2.05) is 6.07 Å². The van der Waals surface area contributed by atoms with E-state index in [1.54, 1.807) is 29.4 Å². The Kier molecular flexibility index (Phi) is 7.37. The number of aliphatic hydroxyl groups excluding tert-OH is 1. The number of fused-ring (bicyclic) bond motifs is 1. The predicted molar refractivity (Wildman–Crippen MR) is 125 cm³/mol. The highest BCUT2D eigenvalue weighted by atomic mass is 32.1. The van der Waals surface area contributed by atoms with Gasteiger partial charge in [0.15, 0.2) is 0 Å². The van der Waals surface area contributed by atoms with Gasteiger partial charge in [-0.25, -0.2) is 4.79 Å². The summed E-state index contributed by atoms with van der Waals surface area (Å²) in [4.78, 5) is 31.3. The number of carbonyl (C=O) groups excluding carboxylic acids is 2. The van der Waals surface area contributed by atoms with Crippen LogP contribution in [-0.4, -0.2) is 52.8 Å². The predicted octanol–water partition coefficient (Wildman–Crippen LogP) is 3.36. The van der Waals surface area contributed by atoms with Gasteiger partial charge in [0, 0.05) is 36.4 Å². The third-order valence-electron chi connectivity index (χ3n) is 5.92. The molecule has 8 nitrogen and oxygen atoms in total. The van der Waals surface area contributed by atoms with Crippen LogP contribution < -0.4 is 5.32 Å². The fourth-order valence-electron chi connectivity index (χ4n) is 4.20. The smallest absolute Gasteiger partial charge is 0.409 e. The van der Waals surface area contributed by atoms with E-state index in [0.29, 0.717) is 49.5 Å². The molecule has 0 unspecified atom stereocenters. The average molecular weight is 467 g/mol. The molecule has 4 rings (SSSR count). The van der Waals surface area contributed by atoms with Gasteiger partial charge in [0.05, 0.1) is 18.3 Å². The third-order valence-corrected chi connectivity index (χ3v) is 7.09. The molecule has 3 heterocycles. The summed E-state index contributed by atoms with van der Waals surface area (Å²) in [7, 11) is 0. The Morgan fingerprint density at radius 1 is 1.42 bits per heavy atom. The van der Waals surface area contributed by atoms with Crippen LogP contribution >= 0.6 is 11.3 Å². The number of likely N-dealkylation sites (tertiary alicyclic amines) is 1. The number of hydrogen-bond acceptors (Lipinski definition) is 7. The number of anilines is 1. The molecule has 0 radical (unpaired) electrons. The van der Waals surface area contributed by atoms with Crippen molar-refractivity contribution in [3.63, 3.8) is 0 Å². The first kappa shape index (κ1) is 23.0. The molecular weight excluding hydrogens is 440 g/mol. The molecule has 0 spiro atoms. The number of thiophene rings is 1. The quantitative estimate of drug-likeness (QED) is 0.653. The van der Waals surface area contributed by atoms with Crippen molar-refractivity contribution in [3.05, 3.63) is 52.2 Å². The number of nitriles is 1. The maximum Gasteiger partial charge on any atom is 0.409 e. The van der Waals surface area contributed by atoms with Gasteiger partial charge >= 0.3 is 6.09 Å². The zero-order valence-corrected chi connectivity index (χ0v) is 19.0. The van der Waals surface area contributed by atoms with Gasteiger partial charge in [-0.3, -0.25) is 9.78 Å². The molecule has 1 saturated heterocycles. The van der Waals surface area contributed by atoms with Gasteiger partial charge in [0.25, 0.3) is 0 Å². The van der Waals surface area contributed by atoms with E-state index < -0.39 is 6.10 Å². The minimum atomic E-state index is -0.480. The summed E-state index contributed by atoms with van der Waals surface area (Å²) in [6.07, 6.45) is 9.28. The van der Waals surface area contributed by atoms with Gasteiger partial charge in [0.2, 0.25) is 5.91 Å². The lowest BCUT2D eigenvalue weighted by molar-refractivity contribution is -0.111. The van der Waals surface area contributed by atoms with Gasteiger partial charge in [-0.2, -0.15) is 5.26 Å². The number of pyridine rings is 1. The molecule has 2 atom stereocenters. The highest BCUT2D eigenvalue weighted by Crippen LogP contribution is 2.39. The van der Waals surface area contributed by atoms with Gasteiger partial charge in [-0.15, -0.1) is 11.3 Å². The SMILES string of the molecule is N#Cc1c(NC(=O)/C=C/c2cccnc2)sc2c1CC[C@@H](COC(=O)N1CCC[C@H](O)C1)C2. The lowest BCUT2D eigenvalue weighted by atomic mass is 9.88. The van der Waals surface area contributed by atoms with Crippen molar-refractivity contribution < 1.29 is 19.4 Å². The first-order valence-corrected chi connectivity index (χ1v) is 11.9. The second kappa shape index (κ2) is 10.6. The normalized spacial score (nSPS) is 20.2. The number of aromatic nitrogens is 1. The van der Waals surface area contributed by atoms with Crippen LogP contribution in [0.5, 0.6) is 0 Å². The fraction of sp³-hybridized carbons (Fsp3) is 0.417. The lowest BCUT2D eigenvalue weighted by Gasteiger charge is -2.30. The average Bonchev–Trinajstić information content (AvgIpc) is 3.17. The molecule has 1 aliphatic heterocycles. The van der Waals surface area contributed by atoms with Crippen LogP contribution in [-0.2, 0) is 22.4 Å². The Hall–Kier alpha value is -3.22. The van der Waals surface area contributed by atoms with Crippen molar-refractivity contribution in [1.29, 1.82) is 5.26 Å². The molecule has 1 fully saturated rings. The minimum Gasteiger partial charge on any atom is -0.449 e. The number of β-amino-alcohol motifs (C(OH)–C–C–N with tert-alkyl or cyclic N) is 1. The van der Waals surface area contributed by atoms with Gasteiger partial charge < -0.3 is 20.1 Å². The number of rotatable bonds is 5. The molecule has 2 amide bonds. The Bertz CT molecular complexity index is 1080. The zero-order chi connectivity index (χ0) is 23.2. The molecule has 2 aromatic heterocycles. The molecule has 2 aromatic rings. The van der Waals surface area contributed by atoms with Crippen LogP contribution in [0.4, 0.5) is 9.80 Å². The summed E-state index contributed by atoms with van der Waals surface area (Å²) in [5, 5.41) is 22.8. The number of hydrogen-bond donors (Lipinski definition) is 2. The number of amides is 2. The largest absolute Gasteiger partial charge is 0.449 e. The molecule has 172 valence electrons. The molecule has 0 saturated carbocycles. The molecule has 33 heavy (non-hydrogen) atoms. The Morgan fingerprint density at radius 2 is 2.30 bits per heavy atom. The molecule has 2 aliphatic rings. The van der Waals surface area contributed by atoms with Crippen LogP contribution in [0.25, 0.3) is 6.08 Å². The number of piperidine rings is 1. The highest BCUT2D eigenvalue weighted by Gasteiger charge is 2.28. The van der Waals surface area contributed by atoms with Crippen molar-refractivity contribution in [3.8, 4) is 6.07 Å². The summed E-state index contributed by atoms with van der Waals surface area (Å²) in [6, 6.07) is 5.88. The summed E-state index contributed by atoms with van der Waals surface area (Å²) in [5.41, 5.74) is 2.32. The fourth-order valence-corrected chi connectivity index (χ4v) is 5.52. The maximum absolute atomic E-state index is 12.4. The van der Waals surface area contributed by atoms with Crippen molar-refractivity contribution in [2.75, 3.05) is 25.0 Å². The van der Waals surface area contributed by atoms with Gasteiger partial charge in [-0.05, 0) is 61.3 Å². The third kappa shape index (κ3) is 5.78. The van der Waals surface area contributed by atoms with E-state index in [9.17, 15) is 20.0 Å². The van der Waals surface area contributed by atoms with Crippen molar-refractivity contribution in [2.45, 2.75) is 38.2 Å². The van der Waals surface area contributed by atoms with Crippen LogP contribution in [0.1, 0.15) is 40.8 Å². The number of ether oxygens (including phenoxy) is 1. The number of carbonyl (C=O) groups is 2. The first-order valence-electron chi connectivity index (χ1n) is 11.1. The van der Waals surface area contributed by atoms with Crippen molar-refractivity contribution in [2.24, 2.45) is 5.92 Å². The van der Waals surface area contributed by atoms with Gasteiger partial charge in [-0.1, -0.05) is 6.07 Å². The highest BCUT2D eigenvalue weighted by molar-refractivity contribution is 7.16. The number of aliphatic hydroxyl groups is 1. The summed E-state index contributed by atoms with van der Waals surface area (Å²) >= 11 is 1.42. The van der Waals surface area contributed by atoms with Crippen molar-refractivity contribution >= 4 is 34.4 Å². The number of nitrogens with zero attached hydrogens (tertiary/aromatic N) is 3. The second-order valence-electron chi connectivity index (χ2n) is 8.36. The van der Waals surface area contributed by atoms with Gasteiger partial charge in [0.1, 0.15) is 11.1 Å². The summed E-state index contributed by atoms with van der Waals surface area (Å²) < 4.78 is 5.52.